The average Bonchev–Trinajstić information content (AvgIpc) is 2.73. The van der Waals surface area contributed by atoms with Gasteiger partial charge in [-0.2, -0.15) is 0 Å². The molecule has 0 amide bonds. The van der Waals surface area contributed by atoms with E-state index in [0.717, 1.165) is 0 Å². The monoisotopic (exact) mass is 299 g/mol. The number of hydrogen-bond donors (Lipinski definition) is 1. The van der Waals surface area contributed by atoms with Gasteiger partial charge in [-0.1, -0.05) is 13.8 Å². The normalized spacial score (nSPS) is 14.0. The maximum absolute atomic E-state index is 11.6. The zero-order valence-corrected chi connectivity index (χ0v) is 11.9. The van der Waals surface area contributed by atoms with Crippen molar-refractivity contribution in [2.75, 3.05) is 5.75 Å². The van der Waals surface area contributed by atoms with Gasteiger partial charge in [-0.05, 0) is 12.3 Å². The second-order valence-corrected chi connectivity index (χ2v) is 6.44. The Morgan fingerprint density at radius 2 is 2.10 bits per heavy atom. The van der Waals surface area contributed by atoms with E-state index in [4.69, 9.17) is 0 Å². The number of aromatic amines is 1. The number of nitrogens with zero attached hydrogens (tertiary/aromatic N) is 3. The summed E-state index contributed by atoms with van der Waals surface area (Å²) in [6.45, 7) is 3.81. The maximum Gasteiger partial charge on any atom is 0.278 e. The summed E-state index contributed by atoms with van der Waals surface area (Å²) in [6, 6.07) is -0.266. The second-order valence-electron chi connectivity index (χ2n) is 4.92. The first-order valence-corrected chi connectivity index (χ1v) is 7.71. The standard InChI is InChI=1S/C11H16N4O4S/c1-7(2)8(3-4-20(17,18)19)15-6-14-9-10(15)12-5-13-11(9)16/h5-8H,3-4H2,1-2H3,(H,12,13,16)(H,17,18,19)/p-1. The summed E-state index contributed by atoms with van der Waals surface area (Å²) in [5.41, 5.74) is 0.228. The summed E-state index contributed by atoms with van der Waals surface area (Å²) < 4.78 is 34.0. The topological polar surface area (TPSA) is 121 Å². The third-order valence-electron chi connectivity index (χ3n) is 3.16. The van der Waals surface area contributed by atoms with Crippen LogP contribution in [0, 0.1) is 5.92 Å². The van der Waals surface area contributed by atoms with Gasteiger partial charge in [0.25, 0.3) is 5.56 Å². The van der Waals surface area contributed by atoms with Crippen molar-refractivity contribution in [2.45, 2.75) is 26.3 Å². The number of H-pyrrole nitrogens is 1. The molecular formula is C11H15N4O4S-. The van der Waals surface area contributed by atoms with E-state index in [1.54, 1.807) is 4.57 Å². The quantitative estimate of drug-likeness (QED) is 0.790. The van der Waals surface area contributed by atoms with Crippen LogP contribution in [0.3, 0.4) is 0 Å². The van der Waals surface area contributed by atoms with E-state index < -0.39 is 15.9 Å². The molecule has 9 heteroatoms. The van der Waals surface area contributed by atoms with Crippen molar-refractivity contribution in [3.8, 4) is 0 Å². The minimum Gasteiger partial charge on any atom is -0.748 e. The second kappa shape index (κ2) is 5.33. The highest BCUT2D eigenvalue weighted by Crippen LogP contribution is 2.24. The molecule has 2 heterocycles. The number of imidazole rings is 1. The molecule has 0 aliphatic rings. The first-order chi connectivity index (χ1) is 9.29. The van der Waals surface area contributed by atoms with Crippen molar-refractivity contribution in [3.05, 3.63) is 23.0 Å². The first-order valence-electron chi connectivity index (χ1n) is 6.13. The van der Waals surface area contributed by atoms with E-state index in [9.17, 15) is 17.8 Å². The fraction of sp³-hybridized carbons (Fsp3) is 0.545. The van der Waals surface area contributed by atoms with Gasteiger partial charge in [0, 0.05) is 11.8 Å². The van der Waals surface area contributed by atoms with Crippen LogP contribution in [0.5, 0.6) is 0 Å². The zero-order chi connectivity index (χ0) is 14.9. The summed E-state index contributed by atoms with van der Waals surface area (Å²) >= 11 is 0. The maximum atomic E-state index is 11.6. The predicted molar refractivity (Wildman–Crippen MR) is 71.2 cm³/mol. The van der Waals surface area contributed by atoms with Crippen molar-refractivity contribution in [1.82, 2.24) is 19.5 Å². The van der Waals surface area contributed by atoms with Crippen LogP contribution in [0.25, 0.3) is 11.2 Å². The van der Waals surface area contributed by atoms with Crippen LogP contribution in [-0.4, -0.2) is 38.2 Å². The minimum atomic E-state index is -4.28. The third-order valence-corrected chi connectivity index (χ3v) is 3.89. The zero-order valence-electron chi connectivity index (χ0n) is 11.1. The van der Waals surface area contributed by atoms with Crippen LogP contribution < -0.4 is 5.56 Å². The number of hydrogen-bond acceptors (Lipinski definition) is 6. The molecule has 0 saturated carbocycles. The summed E-state index contributed by atoms with van der Waals surface area (Å²) in [5, 5.41) is 0. The average molecular weight is 299 g/mol. The van der Waals surface area contributed by atoms with E-state index in [-0.39, 0.29) is 29.5 Å². The molecule has 0 aromatic carbocycles. The van der Waals surface area contributed by atoms with E-state index in [1.807, 2.05) is 13.8 Å². The van der Waals surface area contributed by atoms with Crippen LogP contribution in [0.15, 0.2) is 17.4 Å². The summed E-state index contributed by atoms with van der Waals surface area (Å²) in [7, 11) is -4.28. The molecule has 1 unspecified atom stereocenters. The van der Waals surface area contributed by atoms with Gasteiger partial charge in [-0.3, -0.25) is 4.79 Å². The number of rotatable bonds is 5. The molecule has 2 rings (SSSR count). The van der Waals surface area contributed by atoms with Crippen LogP contribution >= 0.6 is 0 Å². The van der Waals surface area contributed by atoms with Gasteiger partial charge in [0.2, 0.25) is 0 Å². The first kappa shape index (κ1) is 14.7. The Hall–Kier alpha value is -1.74. The van der Waals surface area contributed by atoms with Crippen molar-refractivity contribution in [3.63, 3.8) is 0 Å². The molecule has 0 spiro atoms. The largest absolute Gasteiger partial charge is 0.748 e. The van der Waals surface area contributed by atoms with Crippen LogP contribution in [0.4, 0.5) is 0 Å². The Kier molecular flexibility index (Phi) is 3.91. The molecule has 0 radical (unpaired) electrons. The summed E-state index contributed by atoms with van der Waals surface area (Å²) in [4.78, 5) is 22.1. The fourth-order valence-electron chi connectivity index (χ4n) is 2.16. The lowest BCUT2D eigenvalue weighted by Crippen LogP contribution is -2.19. The van der Waals surface area contributed by atoms with Crippen LogP contribution in [-0.2, 0) is 10.1 Å². The predicted octanol–water partition coefficient (Wildman–Crippen LogP) is 0.252. The van der Waals surface area contributed by atoms with E-state index in [0.29, 0.717) is 5.65 Å². The lowest BCUT2D eigenvalue weighted by Gasteiger charge is -2.23. The molecule has 0 fully saturated rings. The molecule has 0 bridgehead atoms. The molecular weight excluding hydrogens is 284 g/mol. The molecule has 0 aliphatic heterocycles. The van der Waals surface area contributed by atoms with Gasteiger partial charge in [-0.25, -0.2) is 18.4 Å². The Morgan fingerprint density at radius 1 is 1.40 bits per heavy atom. The van der Waals surface area contributed by atoms with Gasteiger partial charge < -0.3 is 14.1 Å². The number of fused-ring (bicyclic) bond motifs is 1. The molecule has 1 atom stereocenters. The van der Waals surface area contributed by atoms with Gasteiger partial charge in [0.05, 0.1) is 22.8 Å². The molecule has 2 aromatic heterocycles. The smallest absolute Gasteiger partial charge is 0.278 e. The molecule has 2 aromatic rings. The highest BCUT2D eigenvalue weighted by molar-refractivity contribution is 7.85. The Bertz CT molecular complexity index is 762. The van der Waals surface area contributed by atoms with Crippen LogP contribution in [0.2, 0.25) is 0 Å². The fourth-order valence-corrected chi connectivity index (χ4v) is 2.69. The minimum absolute atomic E-state index is 0.0650. The van der Waals surface area contributed by atoms with E-state index >= 15 is 0 Å². The highest BCUT2D eigenvalue weighted by Gasteiger charge is 2.20. The lowest BCUT2D eigenvalue weighted by atomic mass is 10.0. The molecule has 0 saturated heterocycles. The van der Waals surface area contributed by atoms with Gasteiger partial charge in [0.1, 0.15) is 0 Å². The lowest BCUT2D eigenvalue weighted by molar-refractivity contribution is 0.366. The Morgan fingerprint density at radius 3 is 2.70 bits per heavy atom. The molecule has 1 N–H and O–H groups in total. The number of nitrogens with one attached hydrogen (secondary N) is 1. The van der Waals surface area contributed by atoms with Crippen molar-refractivity contribution >= 4 is 21.3 Å². The molecule has 110 valence electrons. The van der Waals surface area contributed by atoms with E-state index in [1.165, 1.54) is 12.7 Å². The Balaban J connectivity index is 2.42. The Labute approximate surface area is 115 Å². The molecule has 0 aliphatic carbocycles. The SMILES string of the molecule is CC(C)C(CCS(=O)(=O)[O-])n1cnc2c(=O)[nH]cnc21. The van der Waals surface area contributed by atoms with Crippen molar-refractivity contribution in [2.24, 2.45) is 5.92 Å². The summed E-state index contributed by atoms with van der Waals surface area (Å²) in [6.07, 6.45) is 2.88. The highest BCUT2D eigenvalue weighted by atomic mass is 32.2. The summed E-state index contributed by atoms with van der Waals surface area (Å²) in [5.74, 6) is -0.395. The molecule has 8 nitrogen and oxygen atoms in total. The van der Waals surface area contributed by atoms with Crippen molar-refractivity contribution in [1.29, 1.82) is 0 Å². The molecule has 20 heavy (non-hydrogen) atoms. The van der Waals surface area contributed by atoms with Gasteiger partial charge >= 0.3 is 0 Å². The van der Waals surface area contributed by atoms with Gasteiger partial charge in [-0.15, -0.1) is 0 Å². The van der Waals surface area contributed by atoms with E-state index in [2.05, 4.69) is 15.0 Å². The third kappa shape index (κ3) is 3.05. The van der Waals surface area contributed by atoms with Crippen LogP contribution in [0.1, 0.15) is 26.3 Å². The van der Waals surface area contributed by atoms with Crippen molar-refractivity contribution < 1.29 is 13.0 Å². The van der Waals surface area contributed by atoms with Gasteiger partial charge in [0.15, 0.2) is 11.2 Å². The number of aromatic nitrogens is 4.